The molecule has 2 amide bonds. The Morgan fingerprint density at radius 3 is 2.76 bits per heavy atom. The van der Waals surface area contributed by atoms with Crippen LogP contribution < -0.4 is 5.32 Å². The van der Waals surface area contributed by atoms with Gasteiger partial charge in [-0.2, -0.15) is 0 Å². The Balaban J connectivity index is 1.36. The second-order valence-electron chi connectivity index (χ2n) is 8.06. The third-order valence-electron chi connectivity index (χ3n) is 5.85. The molecule has 2 aromatic carbocycles. The number of rotatable bonds is 5. The highest BCUT2D eigenvalue weighted by Gasteiger charge is 2.34. The summed E-state index contributed by atoms with van der Waals surface area (Å²) in [5.74, 6) is 1.31. The number of hydrogen-bond donors (Lipinski definition) is 1. The number of aryl methyl sites for hydroxylation is 1. The monoisotopic (exact) mass is 462 g/mol. The van der Waals surface area contributed by atoms with Gasteiger partial charge in [-0.1, -0.05) is 59.2 Å². The van der Waals surface area contributed by atoms with Gasteiger partial charge in [0.05, 0.1) is 12.6 Å². The normalized spacial score (nSPS) is 15.7. The SMILES string of the molecule is Cc1noc(-c2ccccc2)c1NC(=O)N1CCC[C@@H]1c1nncn1Cc1ccc(Cl)cc1. The van der Waals surface area contributed by atoms with Gasteiger partial charge in [-0.25, -0.2) is 4.79 Å². The molecule has 0 radical (unpaired) electrons. The first-order valence-corrected chi connectivity index (χ1v) is 11.2. The lowest BCUT2D eigenvalue weighted by Crippen LogP contribution is -2.35. The number of aromatic nitrogens is 4. The molecular formula is C24H23ClN6O2. The number of carbonyl (C=O) groups excluding carboxylic acids is 1. The maximum Gasteiger partial charge on any atom is 0.322 e. The van der Waals surface area contributed by atoms with Gasteiger partial charge in [0.1, 0.15) is 17.7 Å². The zero-order valence-corrected chi connectivity index (χ0v) is 18.9. The summed E-state index contributed by atoms with van der Waals surface area (Å²) in [7, 11) is 0. The highest BCUT2D eigenvalue weighted by atomic mass is 35.5. The predicted molar refractivity (Wildman–Crippen MR) is 125 cm³/mol. The average Bonchev–Trinajstić information content (AvgIpc) is 3.56. The summed E-state index contributed by atoms with van der Waals surface area (Å²) < 4.78 is 7.50. The summed E-state index contributed by atoms with van der Waals surface area (Å²) in [5, 5.41) is 16.3. The molecule has 0 saturated carbocycles. The number of likely N-dealkylation sites (tertiary alicyclic amines) is 1. The molecule has 0 bridgehead atoms. The second-order valence-corrected chi connectivity index (χ2v) is 8.50. The number of nitrogens with zero attached hydrogens (tertiary/aromatic N) is 5. The van der Waals surface area contributed by atoms with E-state index in [0.29, 0.717) is 35.3 Å². The van der Waals surface area contributed by atoms with Gasteiger partial charge in [0, 0.05) is 17.1 Å². The zero-order valence-electron chi connectivity index (χ0n) is 18.1. The Bertz CT molecular complexity index is 1250. The molecule has 1 N–H and O–H groups in total. The van der Waals surface area contributed by atoms with Crippen molar-refractivity contribution in [3.05, 3.63) is 83.0 Å². The van der Waals surface area contributed by atoms with Crippen LogP contribution in [0.3, 0.4) is 0 Å². The van der Waals surface area contributed by atoms with Gasteiger partial charge in [-0.05, 0) is 37.5 Å². The zero-order chi connectivity index (χ0) is 22.8. The topological polar surface area (TPSA) is 89.1 Å². The van der Waals surface area contributed by atoms with E-state index in [-0.39, 0.29) is 12.1 Å². The largest absolute Gasteiger partial charge is 0.354 e. The minimum atomic E-state index is -0.206. The molecule has 168 valence electrons. The first-order chi connectivity index (χ1) is 16.1. The molecule has 1 atom stereocenters. The van der Waals surface area contributed by atoms with Gasteiger partial charge in [-0.15, -0.1) is 10.2 Å². The standard InChI is InChI=1S/C24H23ClN6O2/c1-16-21(22(33-29-16)18-6-3-2-4-7-18)27-24(32)31-13-5-8-20(31)23-28-26-15-30(23)14-17-9-11-19(25)12-10-17/h2-4,6-7,9-12,15,20H,5,8,13-14H2,1H3,(H,27,32)/t20-/m1/s1. The van der Waals surface area contributed by atoms with Crippen LogP contribution in [-0.4, -0.2) is 37.4 Å². The lowest BCUT2D eigenvalue weighted by Gasteiger charge is -2.24. The summed E-state index contributed by atoms with van der Waals surface area (Å²) >= 11 is 6.01. The van der Waals surface area contributed by atoms with Crippen molar-refractivity contribution >= 4 is 23.3 Å². The number of benzene rings is 2. The van der Waals surface area contributed by atoms with Crippen LogP contribution in [0.2, 0.25) is 5.02 Å². The molecule has 1 fully saturated rings. The number of anilines is 1. The van der Waals surface area contributed by atoms with Crippen LogP contribution in [0.1, 0.15) is 36.0 Å². The Labute approximate surface area is 196 Å². The lowest BCUT2D eigenvalue weighted by molar-refractivity contribution is 0.204. The van der Waals surface area contributed by atoms with Gasteiger partial charge in [0.15, 0.2) is 11.6 Å². The fourth-order valence-corrected chi connectivity index (χ4v) is 4.32. The van der Waals surface area contributed by atoms with Crippen molar-refractivity contribution in [1.82, 2.24) is 24.8 Å². The Morgan fingerprint density at radius 2 is 1.97 bits per heavy atom. The molecule has 1 aliphatic heterocycles. The van der Waals surface area contributed by atoms with E-state index in [4.69, 9.17) is 16.1 Å². The van der Waals surface area contributed by atoms with Crippen LogP contribution in [0.25, 0.3) is 11.3 Å². The van der Waals surface area contributed by atoms with E-state index in [2.05, 4.69) is 20.7 Å². The molecule has 2 aromatic heterocycles. The van der Waals surface area contributed by atoms with Crippen molar-refractivity contribution < 1.29 is 9.32 Å². The maximum absolute atomic E-state index is 13.3. The molecule has 9 heteroatoms. The molecule has 4 aromatic rings. The van der Waals surface area contributed by atoms with Crippen LogP contribution in [0.4, 0.5) is 10.5 Å². The second kappa shape index (κ2) is 9.07. The van der Waals surface area contributed by atoms with Gasteiger partial charge in [0.25, 0.3) is 0 Å². The van der Waals surface area contributed by atoms with Crippen molar-refractivity contribution in [2.24, 2.45) is 0 Å². The van der Waals surface area contributed by atoms with Crippen molar-refractivity contribution in [1.29, 1.82) is 0 Å². The summed E-state index contributed by atoms with van der Waals surface area (Å²) in [6.07, 6.45) is 3.41. The smallest absolute Gasteiger partial charge is 0.322 e. The first kappa shape index (κ1) is 21.2. The van der Waals surface area contributed by atoms with Crippen molar-refractivity contribution in [3.63, 3.8) is 0 Å². The highest BCUT2D eigenvalue weighted by molar-refractivity contribution is 6.30. The third kappa shape index (κ3) is 4.34. The number of hydrogen-bond acceptors (Lipinski definition) is 5. The molecule has 0 unspecified atom stereocenters. The molecule has 33 heavy (non-hydrogen) atoms. The molecule has 0 aliphatic carbocycles. The number of halogens is 1. The summed E-state index contributed by atoms with van der Waals surface area (Å²) in [4.78, 5) is 15.1. The highest BCUT2D eigenvalue weighted by Crippen LogP contribution is 2.34. The molecule has 3 heterocycles. The number of urea groups is 1. The van der Waals surface area contributed by atoms with Crippen LogP contribution in [0, 0.1) is 6.92 Å². The predicted octanol–water partition coefficient (Wildman–Crippen LogP) is 5.31. The Kier molecular flexibility index (Phi) is 5.83. The minimum absolute atomic E-state index is 0.167. The van der Waals surface area contributed by atoms with Crippen LogP contribution >= 0.6 is 11.6 Å². The van der Waals surface area contributed by atoms with Crippen molar-refractivity contribution in [2.75, 3.05) is 11.9 Å². The molecule has 5 rings (SSSR count). The fourth-order valence-electron chi connectivity index (χ4n) is 4.19. The van der Waals surface area contributed by atoms with E-state index in [9.17, 15) is 4.79 Å². The molecular weight excluding hydrogens is 440 g/mol. The maximum atomic E-state index is 13.3. The Hall–Kier alpha value is -3.65. The number of carbonyl (C=O) groups is 1. The van der Waals surface area contributed by atoms with E-state index >= 15 is 0 Å². The number of nitrogens with one attached hydrogen (secondary N) is 1. The minimum Gasteiger partial charge on any atom is -0.354 e. The van der Waals surface area contributed by atoms with E-state index < -0.39 is 0 Å². The van der Waals surface area contributed by atoms with Gasteiger partial charge in [0.2, 0.25) is 0 Å². The van der Waals surface area contributed by atoms with Crippen LogP contribution in [-0.2, 0) is 6.54 Å². The van der Waals surface area contributed by atoms with Gasteiger partial charge in [-0.3, -0.25) is 0 Å². The van der Waals surface area contributed by atoms with Crippen molar-refractivity contribution in [2.45, 2.75) is 32.4 Å². The molecule has 1 saturated heterocycles. The summed E-state index contributed by atoms with van der Waals surface area (Å²) in [6.45, 7) is 3.06. The van der Waals surface area contributed by atoms with E-state index in [1.165, 1.54) is 0 Å². The average molecular weight is 463 g/mol. The quantitative estimate of drug-likeness (QED) is 0.434. The van der Waals surface area contributed by atoms with E-state index in [1.807, 2.05) is 71.0 Å². The fraction of sp³-hybridized carbons (Fsp3) is 0.250. The Morgan fingerprint density at radius 1 is 1.18 bits per heavy atom. The molecule has 1 aliphatic rings. The van der Waals surface area contributed by atoms with Crippen molar-refractivity contribution in [3.8, 4) is 11.3 Å². The summed E-state index contributed by atoms with van der Waals surface area (Å²) in [5.41, 5.74) is 3.15. The lowest BCUT2D eigenvalue weighted by atomic mass is 10.1. The number of amides is 2. The van der Waals surface area contributed by atoms with Crippen LogP contribution in [0.15, 0.2) is 65.4 Å². The van der Waals surface area contributed by atoms with E-state index in [1.54, 1.807) is 6.33 Å². The summed E-state index contributed by atoms with van der Waals surface area (Å²) in [6, 6.07) is 16.9. The van der Waals surface area contributed by atoms with Crippen LogP contribution in [0.5, 0.6) is 0 Å². The molecule has 8 nitrogen and oxygen atoms in total. The first-order valence-electron chi connectivity index (χ1n) is 10.8. The van der Waals surface area contributed by atoms with Gasteiger partial charge >= 0.3 is 6.03 Å². The molecule has 0 spiro atoms. The van der Waals surface area contributed by atoms with E-state index in [0.717, 1.165) is 29.8 Å². The third-order valence-corrected chi connectivity index (χ3v) is 6.11. The van der Waals surface area contributed by atoms with Gasteiger partial charge < -0.3 is 19.3 Å².